The maximum atomic E-state index is 5.40. The second-order valence-corrected chi connectivity index (χ2v) is 4.65. The molecule has 0 bridgehead atoms. The average Bonchev–Trinajstić information content (AvgIpc) is 2.36. The van der Waals surface area contributed by atoms with Crippen LogP contribution in [0.15, 0.2) is 0 Å². The van der Waals surface area contributed by atoms with E-state index in [1.54, 1.807) is 14.2 Å². The quantitative estimate of drug-likeness (QED) is 0.411. The zero-order valence-electron chi connectivity index (χ0n) is 6.17. The molecule has 4 heteroatoms. The Morgan fingerprint density at radius 3 is 2.90 bits per heavy atom. The van der Waals surface area contributed by atoms with Crippen molar-refractivity contribution in [2.75, 3.05) is 20.8 Å². The Hall–Kier alpha value is 0.610. The molecule has 0 aromatic rings. The average molecular weight is 259 g/mol. The third-order valence-corrected chi connectivity index (χ3v) is 3.62. The molecule has 0 aromatic carbocycles. The zero-order chi connectivity index (χ0) is 7.40. The normalized spacial score (nSPS) is 33.4. The Morgan fingerprint density at radius 1 is 1.50 bits per heavy atom. The first-order valence-electron chi connectivity index (χ1n) is 3.19. The topological polar surface area (TPSA) is 27.7 Å². The molecule has 10 heavy (non-hydrogen) atoms. The van der Waals surface area contributed by atoms with Crippen molar-refractivity contribution in [3.05, 3.63) is 0 Å². The Balaban J connectivity index is 2.27. The van der Waals surface area contributed by atoms with Gasteiger partial charge in [-0.1, -0.05) is 0 Å². The minimum atomic E-state index is -0.269. The zero-order valence-corrected chi connectivity index (χ0v) is 8.33. The summed E-state index contributed by atoms with van der Waals surface area (Å²) in [7, 11) is 3.45. The van der Waals surface area contributed by atoms with Gasteiger partial charge < -0.3 is 0 Å². The fourth-order valence-corrected chi connectivity index (χ4v) is 2.81. The van der Waals surface area contributed by atoms with Gasteiger partial charge in [0.1, 0.15) is 0 Å². The number of rotatable bonds is 3. The van der Waals surface area contributed by atoms with E-state index in [0.717, 1.165) is 13.0 Å². The first kappa shape index (κ1) is 8.70. The summed E-state index contributed by atoms with van der Waals surface area (Å²) < 4.78 is 15.9. The van der Waals surface area contributed by atoms with Crippen molar-refractivity contribution in [1.82, 2.24) is 0 Å². The molecule has 2 unspecified atom stereocenters. The van der Waals surface area contributed by atoms with E-state index in [1.807, 2.05) is 0 Å². The standard InChI is InChI=1S/C6H12IO3/c1-8-5-3-4-10-6(5)7-9-2/h5-6H,3-4H2,1-2H3/q-1. The van der Waals surface area contributed by atoms with Crippen LogP contribution in [0.1, 0.15) is 6.42 Å². The van der Waals surface area contributed by atoms with Gasteiger partial charge in [-0.15, -0.1) is 0 Å². The van der Waals surface area contributed by atoms with Gasteiger partial charge in [0, 0.05) is 0 Å². The summed E-state index contributed by atoms with van der Waals surface area (Å²) in [6.45, 7) is 0.826. The van der Waals surface area contributed by atoms with Crippen molar-refractivity contribution in [2.45, 2.75) is 16.6 Å². The van der Waals surface area contributed by atoms with E-state index >= 15 is 0 Å². The molecule has 0 amide bonds. The number of methoxy groups -OCH3 is 1. The van der Waals surface area contributed by atoms with Crippen LogP contribution in [0.25, 0.3) is 0 Å². The monoisotopic (exact) mass is 259 g/mol. The fourth-order valence-electron chi connectivity index (χ4n) is 0.931. The molecular formula is C6H12IO3-. The number of ether oxygens (including phenoxy) is 2. The molecule has 0 N–H and O–H groups in total. The van der Waals surface area contributed by atoms with Gasteiger partial charge in [0.2, 0.25) is 0 Å². The Bertz CT molecular complexity index is 99.0. The molecule has 0 saturated carbocycles. The van der Waals surface area contributed by atoms with E-state index in [0.29, 0.717) is 0 Å². The van der Waals surface area contributed by atoms with Crippen LogP contribution >= 0.6 is 0 Å². The van der Waals surface area contributed by atoms with Crippen molar-refractivity contribution in [3.8, 4) is 0 Å². The molecule has 1 fully saturated rings. The summed E-state index contributed by atoms with van der Waals surface area (Å²) in [6, 6.07) is 0. The fraction of sp³-hybridized carbons (Fsp3) is 1.00. The van der Waals surface area contributed by atoms with E-state index in [9.17, 15) is 0 Å². The molecule has 1 aliphatic rings. The van der Waals surface area contributed by atoms with E-state index in [-0.39, 0.29) is 31.8 Å². The summed E-state index contributed by atoms with van der Waals surface area (Å²) >= 11 is -0.269. The van der Waals surface area contributed by atoms with Gasteiger partial charge in [0.15, 0.2) is 0 Å². The molecule has 0 aliphatic carbocycles. The summed E-state index contributed by atoms with van der Waals surface area (Å²) in [5.41, 5.74) is 0. The molecular weight excluding hydrogens is 247 g/mol. The molecule has 62 valence electrons. The SMILES string of the molecule is CO[I-]C1OCCC1OC. The van der Waals surface area contributed by atoms with Gasteiger partial charge in [0.25, 0.3) is 0 Å². The predicted molar refractivity (Wildman–Crippen MR) is 32.2 cm³/mol. The van der Waals surface area contributed by atoms with Crippen LogP contribution < -0.4 is 21.6 Å². The molecule has 3 nitrogen and oxygen atoms in total. The van der Waals surface area contributed by atoms with Crippen LogP contribution in [-0.2, 0) is 12.5 Å². The molecule has 1 rings (SSSR count). The van der Waals surface area contributed by atoms with Crippen molar-refractivity contribution >= 4 is 0 Å². The molecule has 1 saturated heterocycles. The Kier molecular flexibility index (Phi) is 3.90. The van der Waals surface area contributed by atoms with Gasteiger partial charge in [-0.3, -0.25) is 0 Å². The van der Waals surface area contributed by atoms with Crippen LogP contribution in [0.5, 0.6) is 0 Å². The number of hydrogen-bond acceptors (Lipinski definition) is 3. The van der Waals surface area contributed by atoms with Crippen LogP contribution in [0, 0.1) is 0 Å². The third-order valence-electron chi connectivity index (χ3n) is 1.45. The second-order valence-electron chi connectivity index (χ2n) is 2.03. The van der Waals surface area contributed by atoms with Crippen molar-refractivity contribution in [2.24, 2.45) is 0 Å². The van der Waals surface area contributed by atoms with Gasteiger partial charge in [-0.25, -0.2) is 0 Å². The molecule has 0 spiro atoms. The first-order chi connectivity index (χ1) is 4.88. The van der Waals surface area contributed by atoms with Crippen LogP contribution in [0.4, 0.5) is 0 Å². The number of hydrogen-bond donors (Lipinski definition) is 0. The third kappa shape index (κ3) is 2.05. The van der Waals surface area contributed by atoms with Crippen LogP contribution in [0.3, 0.4) is 0 Å². The van der Waals surface area contributed by atoms with Crippen molar-refractivity contribution in [3.63, 3.8) is 0 Å². The van der Waals surface area contributed by atoms with Crippen molar-refractivity contribution in [1.29, 1.82) is 0 Å². The minimum absolute atomic E-state index is 0.258. The molecule has 1 heterocycles. The van der Waals surface area contributed by atoms with Crippen LogP contribution in [-0.4, -0.2) is 31.0 Å². The van der Waals surface area contributed by atoms with Gasteiger partial charge in [-0.05, 0) is 0 Å². The Labute approximate surface area is 71.8 Å². The first-order valence-corrected chi connectivity index (χ1v) is 5.32. The summed E-state index contributed by atoms with van der Waals surface area (Å²) in [5, 5.41) is 0. The number of alkyl halides is 1. The van der Waals surface area contributed by atoms with Crippen molar-refractivity contribution < 1.29 is 34.2 Å². The van der Waals surface area contributed by atoms with Crippen LogP contribution in [0.2, 0.25) is 0 Å². The summed E-state index contributed by atoms with van der Waals surface area (Å²) in [5.74, 6) is 0. The molecule has 2 atom stereocenters. The van der Waals surface area contributed by atoms with E-state index in [1.165, 1.54) is 0 Å². The summed E-state index contributed by atoms with van der Waals surface area (Å²) in [6.07, 6.45) is 1.30. The van der Waals surface area contributed by atoms with Gasteiger partial charge >= 0.3 is 71.6 Å². The maximum absolute atomic E-state index is 5.40. The summed E-state index contributed by atoms with van der Waals surface area (Å²) in [4.78, 5) is 0. The molecule has 0 radical (unpaired) electrons. The van der Waals surface area contributed by atoms with Gasteiger partial charge in [-0.2, -0.15) is 0 Å². The number of halogens is 1. The van der Waals surface area contributed by atoms with Gasteiger partial charge in [0.05, 0.1) is 0 Å². The predicted octanol–water partition coefficient (Wildman–Crippen LogP) is -2.60. The Morgan fingerprint density at radius 2 is 2.30 bits per heavy atom. The van der Waals surface area contributed by atoms with E-state index < -0.39 is 0 Å². The second kappa shape index (κ2) is 4.48. The molecule has 0 aromatic heterocycles. The van der Waals surface area contributed by atoms with E-state index in [4.69, 9.17) is 12.5 Å². The molecule has 1 aliphatic heterocycles. The van der Waals surface area contributed by atoms with E-state index in [2.05, 4.69) is 0 Å².